The van der Waals surface area contributed by atoms with Crippen molar-refractivity contribution in [3.8, 4) is 0 Å². The molecule has 6 heteroatoms. The summed E-state index contributed by atoms with van der Waals surface area (Å²) >= 11 is 0. The largest absolute Gasteiger partial charge is 0.435 e. The van der Waals surface area contributed by atoms with Crippen molar-refractivity contribution in [2.24, 2.45) is 12.8 Å². The molecule has 18 heavy (non-hydrogen) atoms. The fourth-order valence-electron chi connectivity index (χ4n) is 2.35. The molecule has 0 aliphatic heterocycles. The van der Waals surface area contributed by atoms with Crippen molar-refractivity contribution >= 4 is 10.9 Å². The van der Waals surface area contributed by atoms with Gasteiger partial charge in [-0.3, -0.25) is 4.68 Å². The number of nitrogens with zero attached hydrogens (tertiary/aromatic N) is 2. The average molecular weight is 255 g/mol. The summed E-state index contributed by atoms with van der Waals surface area (Å²) in [6.07, 6.45) is -2.83. The van der Waals surface area contributed by atoms with Gasteiger partial charge in [0.1, 0.15) is 0 Å². The first-order valence-electron chi connectivity index (χ1n) is 5.65. The van der Waals surface area contributed by atoms with Gasteiger partial charge in [-0.2, -0.15) is 18.3 Å². The maximum Gasteiger partial charge on any atom is 0.435 e. The molecule has 1 aliphatic rings. The molecule has 96 valence electrons. The van der Waals surface area contributed by atoms with E-state index in [0.29, 0.717) is 5.52 Å². The van der Waals surface area contributed by atoms with Crippen LogP contribution in [0.4, 0.5) is 13.2 Å². The number of rotatable bonds is 1. The Morgan fingerprint density at radius 2 is 2.00 bits per heavy atom. The molecule has 1 heterocycles. The fourth-order valence-corrected chi connectivity index (χ4v) is 2.35. The van der Waals surface area contributed by atoms with Gasteiger partial charge in [0.2, 0.25) is 0 Å². The second-order valence-electron chi connectivity index (χ2n) is 4.83. The van der Waals surface area contributed by atoms with Crippen LogP contribution in [0.2, 0.25) is 0 Å². The minimum absolute atomic E-state index is 0.124. The Morgan fingerprint density at radius 3 is 2.56 bits per heavy atom. The summed E-state index contributed by atoms with van der Waals surface area (Å²) in [6.45, 7) is 0. The third-order valence-corrected chi connectivity index (χ3v) is 3.46. The number of hydrogen-bond acceptors (Lipinski definition) is 2. The van der Waals surface area contributed by atoms with E-state index in [1.54, 1.807) is 12.1 Å². The third kappa shape index (κ3) is 1.52. The molecular weight excluding hydrogens is 243 g/mol. The van der Waals surface area contributed by atoms with Gasteiger partial charge in [-0.25, -0.2) is 0 Å². The van der Waals surface area contributed by atoms with Crippen molar-refractivity contribution in [3.63, 3.8) is 0 Å². The summed E-state index contributed by atoms with van der Waals surface area (Å²) in [5.41, 5.74) is 6.03. The molecule has 0 radical (unpaired) electrons. The van der Waals surface area contributed by atoms with E-state index in [9.17, 15) is 13.2 Å². The number of aromatic nitrogens is 2. The Morgan fingerprint density at radius 1 is 1.33 bits per heavy atom. The summed E-state index contributed by atoms with van der Waals surface area (Å²) in [5.74, 6) is 0. The number of benzene rings is 1. The van der Waals surface area contributed by atoms with Gasteiger partial charge in [-0.1, -0.05) is 18.2 Å². The molecule has 3 nitrogen and oxygen atoms in total. The van der Waals surface area contributed by atoms with Crippen molar-refractivity contribution in [2.75, 3.05) is 0 Å². The molecule has 0 spiro atoms. The van der Waals surface area contributed by atoms with Crippen molar-refractivity contribution in [1.29, 1.82) is 0 Å². The molecule has 0 unspecified atom stereocenters. The van der Waals surface area contributed by atoms with Crippen LogP contribution in [-0.2, 0) is 18.8 Å². The summed E-state index contributed by atoms with van der Waals surface area (Å²) in [5, 5.41) is 3.72. The highest BCUT2D eigenvalue weighted by Gasteiger charge is 2.43. The molecule has 2 aromatic rings. The van der Waals surface area contributed by atoms with Crippen LogP contribution < -0.4 is 5.73 Å². The van der Waals surface area contributed by atoms with E-state index >= 15 is 0 Å². The lowest BCUT2D eigenvalue weighted by atomic mass is 10.0. The first-order valence-corrected chi connectivity index (χ1v) is 5.65. The Kier molecular flexibility index (Phi) is 2.09. The quantitative estimate of drug-likeness (QED) is 0.851. The van der Waals surface area contributed by atoms with Crippen LogP contribution in [0.1, 0.15) is 24.1 Å². The number of halogens is 3. The van der Waals surface area contributed by atoms with E-state index in [4.69, 9.17) is 5.73 Å². The minimum atomic E-state index is -4.44. The lowest BCUT2D eigenvalue weighted by Crippen LogP contribution is -2.19. The molecule has 1 aliphatic carbocycles. The van der Waals surface area contributed by atoms with E-state index in [0.717, 1.165) is 18.4 Å². The van der Waals surface area contributed by atoms with Gasteiger partial charge in [0.25, 0.3) is 0 Å². The Hall–Kier alpha value is -1.56. The van der Waals surface area contributed by atoms with Crippen molar-refractivity contribution in [1.82, 2.24) is 9.78 Å². The SMILES string of the molecule is Cn1nc(C(F)(F)F)c2cccc(C3(N)CC3)c21. The zero-order valence-electron chi connectivity index (χ0n) is 9.75. The van der Waals surface area contributed by atoms with Crippen LogP contribution in [0.25, 0.3) is 10.9 Å². The average Bonchev–Trinajstić information content (AvgIpc) is 2.93. The first kappa shape index (κ1) is 11.5. The van der Waals surface area contributed by atoms with Gasteiger partial charge in [-0.15, -0.1) is 0 Å². The predicted molar refractivity (Wildman–Crippen MR) is 60.8 cm³/mol. The van der Waals surface area contributed by atoms with Crippen LogP contribution in [0.3, 0.4) is 0 Å². The number of para-hydroxylation sites is 1. The standard InChI is InChI=1S/C12H12F3N3/c1-18-9-7(10(17-18)12(13,14)15)3-2-4-8(9)11(16)5-6-11/h2-4H,5-6,16H2,1H3. The number of hydrogen-bond donors (Lipinski definition) is 1. The highest BCUT2D eigenvalue weighted by Crippen LogP contribution is 2.46. The van der Waals surface area contributed by atoms with Gasteiger partial charge >= 0.3 is 6.18 Å². The second kappa shape index (κ2) is 3.26. The highest BCUT2D eigenvalue weighted by molar-refractivity contribution is 5.86. The lowest BCUT2D eigenvalue weighted by molar-refractivity contribution is -0.140. The molecule has 2 N–H and O–H groups in total. The smallest absolute Gasteiger partial charge is 0.321 e. The molecule has 1 saturated carbocycles. The Labute approximate surface area is 101 Å². The summed E-state index contributed by atoms with van der Waals surface area (Å²) in [6, 6.07) is 4.85. The van der Waals surface area contributed by atoms with Crippen LogP contribution in [0, 0.1) is 0 Å². The minimum Gasteiger partial charge on any atom is -0.321 e. The molecule has 0 atom stereocenters. The lowest BCUT2D eigenvalue weighted by Gasteiger charge is -2.11. The van der Waals surface area contributed by atoms with Gasteiger partial charge in [-0.05, 0) is 18.4 Å². The van der Waals surface area contributed by atoms with E-state index in [1.165, 1.54) is 17.8 Å². The molecule has 3 rings (SSSR count). The second-order valence-corrected chi connectivity index (χ2v) is 4.83. The normalized spacial score (nSPS) is 18.3. The number of fused-ring (bicyclic) bond motifs is 1. The topological polar surface area (TPSA) is 43.8 Å². The van der Waals surface area contributed by atoms with Crippen LogP contribution in [0.15, 0.2) is 18.2 Å². The molecule has 0 bridgehead atoms. The molecule has 0 saturated heterocycles. The number of aryl methyl sites for hydroxylation is 1. The zero-order chi connectivity index (χ0) is 13.1. The molecule has 1 aromatic carbocycles. The Balaban J connectivity index is 2.33. The van der Waals surface area contributed by atoms with Gasteiger partial charge in [0.05, 0.1) is 5.52 Å². The zero-order valence-corrected chi connectivity index (χ0v) is 9.75. The molecule has 0 amide bonds. The monoisotopic (exact) mass is 255 g/mol. The van der Waals surface area contributed by atoms with E-state index in [1.807, 2.05) is 0 Å². The number of nitrogens with two attached hydrogens (primary N) is 1. The van der Waals surface area contributed by atoms with Crippen molar-refractivity contribution in [3.05, 3.63) is 29.5 Å². The van der Waals surface area contributed by atoms with Crippen molar-refractivity contribution in [2.45, 2.75) is 24.6 Å². The summed E-state index contributed by atoms with van der Waals surface area (Å²) in [4.78, 5) is 0. The fraction of sp³-hybridized carbons (Fsp3) is 0.417. The molecular formula is C12H12F3N3. The van der Waals surface area contributed by atoms with Crippen molar-refractivity contribution < 1.29 is 13.2 Å². The number of alkyl halides is 3. The summed E-state index contributed by atoms with van der Waals surface area (Å²) in [7, 11) is 1.52. The van der Waals surface area contributed by atoms with Gasteiger partial charge in [0.15, 0.2) is 5.69 Å². The van der Waals surface area contributed by atoms with E-state index in [-0.39, 0.29) is 5.39 Å². The first-order chi connectivity index (χ1) is 8.33. The van der Waals surface area contributed by atoms with Gasteiger partial charge < -0.3 is 5.73 Å². The van der Waals surface area contributed by atoms with Crippen LogP contribution in [-0.4, -0.2) is 9.78 Å². The third-order valence-electron chi connectivity index (χ3n) is 3.46. The Bertz CT molecular complexity index is 623. The van der Waals surface area contributed by atoms with Crippen LogP contribution >= 0.6 is 0 Å². The van der Waals surface area contributed by atoms with E-state index in [2.05, 4.69) is 5.10 Å². The molecule has 1 aromatic heterocycles. The van der Waals surface area contributed by atoms with Gasteiger partial charge in [0, 0.05) is 18.0 Å². The predicted octanol–water partition coefficient (Wildman–Crippen LogP) is 2.54. The maximum absolute atomic E-state index is 12.9. The maximum atomic E-state index is 12.9. The van der Waals surface area contributed by atoms with E-state index < -0.39 is 17.4 Å². The molecule has 1 fully saturated rings. The van der Waals surface area contributed by atoms with Crippen LogP contribution in [0.5, 0.6) is 0 Å². The summed E-state index contributed by atoms with van der Waals surface area (Å²) < 4.78 is 39.9. The highest BCUT2D eigenvalue weighted by atomic mass is 19.4.